The van der Waals surface area contributed by atoms with Crippen molar-refractivity contribution in [2.75, 3.05) is 25.0 Å². The zero-order valence-corrected chi connectivity index (χ0v) is 8.20. The van der Waals surface area contributed by atoms with Crippen molar-refractivity contribution in [3.63, 3.8) is 0 Å². The summed E-state index contributed by atoms with van der Waals surface area (Å²) in [7, 11) is 2.09. The molecule has 0 aromatic heterocycles. The van der Waals surface area contributed by atoms with Gasteiger partial charge in [0.2, 0.25) is 0 Å². The molecule has 1 aromatic rings. The van der Waals surface area contributed by atoms with E-state index in [0.29, 0.717) is 11.6 Å². The van der Waals surface area contributed by atoms with E-state index >= 15 is 0 Å². The van der Waals surface area contributed by atoms with Gasteiger partial charge in [0.25, 0.3) is 0 Å². The van der Waals surface area contributed by atoms with Crippen molar-refractivity contribution in [3.8, 4) is 6.07 Å². The molecule has 0 aliphatic carbocycles. The summed E-state index contributed by atoms with van der Waals surface area (Å²) in [6.07, 6.45) is 0. The van der Waals surface area contributed by atoms with E-state index in [9.17, 15) is 0 Å². The van der Waals surface area contributed by atoms with E-state index in [4.69, 9.17) is 5.26 Å². The van der Waals surface area contributed by atoms with E-state index in [1.807, 2.05) is 24.3 Å². The monoisotopic (exact) mass is 187 g/mol. The Morgan fingerprint density at radius 1 is 1.36 bits per heavy atom. The Morgan fingerprint density at radius 3 is 2.43 bits per heavy atom. The molecular weight excluding hydrogens is 174 g/mol. The highest BCUT2D eigenvalue weighted by Crippen LogP contribution is 2.17. The summed E-state index contributed by atoms with van der Waals surface area (Å²) in [6, 6.07) is 10.4. The van der Waals surface area contributed by atoms with Crippen LogP contribution in [-0.2, 0) is 0 Å². The van der Waals surface area contributed by atoms with Gasteiger partial charge in [0.1, 0.15) is 0 Å². The van der Waals surface area contributed by atoms with Gasteiger partial charge in [-0.05, 0) is 24.3 Å². The first-order valence-corrected chi connectivity index (χ1v) is 4.75. The Labute approximate surface area is 84.0 Å². The van der Waals surface area contributed by atoms with Crippen molar-refractivity contribution in [3.05, 3.63) is 29.8 Å². The molecule has 0 radical (unpaired) electrons. The Balaban J connectivity index is 2.12. The number of rotatable bonds is 2. The van der Waals surface area contributed by atoms with Crippen LogP contribution >= 0.6 is 0 Å². The highest BCUT2D eigenvalue weighted by molar-refractivity contribution is 5.50. The van der Waals surface area contributed by atoms with Gasteiger partial charge in [0.05, 0.1) is 17.7 Å². The number of anilines is 1. The van der Waals surface area contributed by atoms with Crippen molar-refractivity contribution < 1.29 is 0 Å². The van der Waals surface area contributed by atoms with Crippen LogP contribution in [0.4, 0.5) is 5.69 Å². The summed E-state index contributed by atoms with van der Waals surface area (Å²) in [6.45, 7) is 2.10. The molecule has 72 valence electrons. The van der Waals surface area contributed by atoms with Crippen molar-refractivity contribution >= 4 is 5.69 Å². The van der Waals surface area contributed by atoms with E-state index in [-0.39, 0.29) is 0 Å². The van der Waals surface area contributed by atoms with Gasteiger partial charge in [-0.15, -0.1) is 0 Å². The third-order valence-electron chi connectivity index (χ3n) is 2.71. The fourth-order valence-corrected chi connectivity index (χ4v) is 1.53. The van der Waals surface area contributed by atoms with Crippen LogP contribution in [0, 0.1) is 11.3 Å². The first-order chi connectivity index (χ1) is 6.81. The molecule has 1 aromatic carbocycles. The Hall–Kier alpha value is -1.53. The second-order valence-electron chi connectivity index (χ2n) is 3.58. The summed E-state index contributed by atoms with van der Waals surface area (Å²) in [4.78, 5) is 2.25. The van der Waals surface area contributed by atoms with Crippen molar-refractivity contribution in [1.82, 2.24) is 5.32 Å². The molecule has 1 heterocycles. The van der Waals surface area contributed by atoms with Gasteiger partial charge in [0, 0.05) is 25.8 Å². The number of hydrogen-bond acceptors (Lipinski definition) is 3. The Kier molecular flexibility index (Phi) is 2.38. The molecule has 1 saturated heterocycles. The minimum atomic E-state index is 0.600. The zero-order chi connectivity index (χ0) is 9.97. The average Bonchev–Trinajstić information content (AvgIpc) is 2.15. The summed E-state index contributed by atoms with van der Waals surface area (Å²) in [5, 5.41) is 11.9. The maximum Gasteiger partial charge on any atom is 0.0991 e. The molecule has 2 rings (SSSR count). The number of hydrogen-bond donors (Lipinski definition) is 1. The van der Waals surface area contributed by atoms with E-state index in [1.54, 1.807) is 0 Å². The number of likely N-dealkylation sites (N-methyl/N-ethyl adjacent to an activating group) is 1. The molecule has 3 heteroatoms. The molecule has 1 fully saturated rings. The lowest BCUT2D eigenvalue weighted by molar-refractivity contribution is 0.429. The Morgan fingerprint density at radius 2 is 2.00 bits per heavy atom. The average molecular weight is 187 g/mol. The third-order valence-corrected chi connectivity index (χ3v) is 2.71. The molecule has 1 aliphatic rings. The fraction of sp³-hybridized carbons (Fsp3) is 0.364. The van der Waals surface area contributed by atoms with Gasteiger partial charge in [0.15, 0.2) is 0 Å². The van der Waals surface area contributed by atoms with Gasteiger partial charge in [-0.3, -0.25) is 0 Å². The smallest absolute Gasteiger partial charge is 0.0991 e. The molecule has 1 N–H and O–H groups in total. The molecule has 0 saturated carbocycles. The lowest BCUT2D eigenvalue weighted by Crippen LogP contribution is -2.56. The quantitative estimate of drug-likeness (QED) is 0.749. The maximum absolute atomic E-state index is 8.66. The summed E-state index contributed by atoms with van der Waals surface area (Å²) in [5.41, 5.74) is 1.89. The van der Waals surface area contributed by atoms with Crippen LogP contribution in [0.1, 0.15) is 5.56 Å². The molecule has 0 amide bonds. The minimum absolute atomic E-state index is 0.600. The van der Waals surface area contributed by atoms with Crippen LogP contribution in [0.3, 0.4) is 0 Å². The number of nitrogens with zero attached hydrogens (tertiary/aromatic N) is 2. The minimum Gasteiger partial charge on any atom is -0.369 e. The van der Waals surface area contributed by atoms with Crippen LogP contribution in [-0.4, -0.2) is 26.2 Å². The topological polar surface area (TPSA) is 39.1 Å². The number of nitriles is 1. The number of nitrogens with one attached hydrogen (secondary N) is 1. The van der Waals surface area contributed by atoms with Gasteiger partial charge < -0.3 is 10.2 Å². The molecule has 0 bridgehead atoms. The van der Waals surface area contributed by atoms with Crippen molar-refractivity contribution in [1.29, 1.82) is 5.26 Å². The normalized spacial score (nSPS) is 15.7. The van der Waals surface area contributed by atoms with Gasteiger partial charge >= 0.3 is 0 Å². The lowest BCUT2D eigenvalue weighted by atomic mass is 10.1. The predicted molar refractivity (Wildman–Crippen MR) is 56.2 cm³/mol. The van der Waals surface area contributed by atoms with Gasteiger partial charge in [-0.1, -0.05) is 0 Å². The van der Waals surface area contributed by atoms with Gasteiger partial charge in [-0.25, -0.2) is 0 Å². The van der Waals surface area contributed by atoms with Crippen molar-refractivity contribution in [2.24, 2.45) is 0 Å². The van der Waals surface area contributed by atoms with Gasteiger partial charge in [-0.2, -0.15) is 5.26 Å². The summed E-state index contributed by atoms with van der Waals surface area (Å²) in [5.74, 6) is 0. The number of benzene rings is 1. The van der Waals surface area contributed by atoms with E-state index in [2.05, 4.69) is 23.3 Å². The maximum atomic E-state index is 8.66. The van der Waals surface area contributed by atoms with Crippen LogP contribution in [0.25, 0.3) is 0 Å². The Bertz CT molecular complexity index is 346. The zero-order valence-electron chi connectivity index (χ0n) is 8.20. The molecule has 0 unspecified atom stereocenters. The molecule has 1 aliphatic heterocycles. The van der Waals surface area contributed by atoms with Crippen LogP contribution in [0.15, 0.2) is 24.3 Å². The van der Waals surface area contributed by atoms with E-state index in [0.717, 1.165) is 13.1 Å². The SMILES string of the molecule is CN(c1ccc(C#N)cc1)C1CNC1. The highest BCUT2D eigenvalue weighted by Gasteiger charge is 2.21. The predicted octanol–water partition coefficient (Wildman–Crippen LogP) is 0.966. The molecule has 3 nitrogen and oxygen atoms in total. The van der Waals surface area contributed by atoms with Crippen LogP contribution < -0.4 is 10.2 Å². The first kappa shape index (κ1) is 9.04. The van der Waals surface area contributed by atoms with Crippen molar-refractivity contribution in [2.45, 2.75) is 6.04 Å². The third kappa shape index (κ3) is 1.57. The molecular formula is C11H13N3. The van der Waals surface area contributed by atoms with E-state index in [1.165, 1.54) is 5.69 Å². The molecule has 0 spiro atoms. The fourth-order valence-electron chi connectivity index (χ4n) is 1.53. The lowest BCUT2D eigenvalue weighted by Gasteiger charge is -2.37. The molecule has 0 atom stereocenters. The summed E-state index contributed by atoms with van der Waals surface area (Å²) < 4.78 is 0. The second kappa shape index (κ2) is 3.69. The summed E-state index contributed by atoms with van der Waals surface area (Å²) >= 11 is 0. The largest absolute Gasteiger partial charge is 0.369 e. The van der Waals surface area contributed by atoms with Crippen LogP contribution in [0.2, 0.25) is 0 Å². The highest BCUT2D eigenvalue weighted by atomic mass is 15.2. The first-order valence-electron chi connectivity index (χ1n) is 4.75. The molecule has 14 heavy (non-hydrogen) atoms. The van der Waals surface area contributed by atoms with Crippen LogP contribution in [0.5, 0.6) is 0 Å². The standard InChI is InChI=1S/C11H13N3/c1-14(11-7-13-8-11)10-4-2-9(6-12)3-5-10/h2-5,11,13H,7-8H2,1H3. The van der Waals surface area contributed by atoms with E-state index < -0.39 is 0 Å². The second-order valence-corrected chi connectivity index (χ2v) is 3.58.